The SMILES string of the molecule is CCc1cc(Br)ccc1Nc1ccc(Cl)cc1C#N. The third kappa shape index (κ3) is 3.28. The molecule has 0 radical (unpaired) electrons. The van der Waals surface area contributed by atoms with Crippen LogP contribution in [0, 0.1) is 11.3 Å². The highest BCUT2D eigenvalue weighted by Crippen LogP contribution is 2.28. The zero-order chi connectivity index (χ0) is 13.8. The molecule has 0 unspecified atom stereocenters. The molecule has 2 aromatic rings. The van der Waals surface area contributed by atoms with Crippen LogP contribution in [0.1, 0.15) is 18.1 Å². The first-order chi connectivity index (χ1) is 9.13. The molecular formula is C15H12BrClN2. The topological polar surface area (TPSA) is 35.8 Å². The molecule has 0 bridgehead atoms. The lowest BCUT2D eigenvalue weighted by Crippen LogP contribution is -1.97. The van der Waals surface area contributed by atoms with Gasteiger partial charge in [0.2, 0.25) is 0 Å². The zero-order valence-corrected chi connectivity index (χ0v) is 12.7. The molecule has 0 aliphatic rings. The Hall–Kier alpha value is -1.50. The lowest BCUT2D eigenvalue weighted by Gasteiger charge is -2.12. The standard InChI is InChI=1S/C15H12BrClN2/c1-2-10-7-12(16)3-5-14(10)19-15-6-4-13(17)8-11(15)9-18/h3-8,19H,2H2,1H3. The van der Waals surface area contributed by atoms with Crippen LogP contribution >= 0.6 is 27.5 Å². The Morgan fingerprint density at radius 3 is 2.63 bits per heavy atom. The molecule has 2 nitrogen and oxygen atoms in total. The van der Waals surface area contributed by atoms with Crippen molar-refractivity contribution in [2.75, 3.05) is 5.32 Å². The van der Waals surface area contributed by atoms with Crippen LogP contribution < -0.4 is 5.32 Å². The second kappa shape index (κ2) is 6.10. The van der Waals surface area contributed by atoms with Crippen molar-refractivity contribution in [1.82, 2.24) is 0 Å². The Balaban J connectivity index is 2.39. The van der Waals surface area contributed by atoms with Gasteiger partial charge in [-0.05, 0) is 48.4 Å². The first-order valence-electron chi connectivity index (χ1n) is 5.89. The van der Waals surface area contributed by atoms with Crippen molar-refractivity contribution in [2.45, 2.75) is 13.3 Å². The van der Waals surface area contributed by atoms with E-state index in [4.69, 9.17) is 16.9 Å². The minimum absolute atomic E-state index is 0.539. The maximum absolute atomic E-state index is 9.14. The van der Waals surface area contributed by atoms with Crippen LogP contribution in [0.3, 0.4) is 0 Å². The number of hydrogen-bond donors (Lipinski definition) is 1. The molecule has 0 fully saturated rings. The van der Waals surface area contributed by atoms with Crippen molar-refractivity contribution in [3.63, 3.8) is 0 Å². The first-order valence-corrected chi connectivity index (χ1v) is 7.06. The van der Waals surface area contributed by atoms with Crippen molar-refractivity contribution in [3.8, 4) is 6.07 Å². The number of nitriles is 1. The summed E-state index contributed by atoms with van der Waals surface area (Å²) in [7, 11) is 0. The Labute approximate surface area is 126 Å². The van der Waals surface area contributed by atoms with Gasteiger partial charge in [-0.1, -0.05) is 34.5 Å². The van der Waals surface area contributed by atoms with Crippen LogP contribution in [0.2, 0.25) is 5.02 Å². The normalized spacial score (nSPS) is 10.0. The van der Waals surface area contributed by atoms with Crippen molar-refractivity contribution in [3.05, 3.63) is 57.0 Å². The van der Waals surface area contributed by atoms with E-state index in [0.717, 1.165) is 22.3 Å². The molecule has 0 heterocycles. The maximum atomic E-state index is 9.14. The van der Waals surface area contributed by atoms with Crippen LogP contribution in [0.25, 0.3) is 0 Å². The Kier molecular flexibility index (Phi) is 4.47. The summed E-state index contributed by atoms with van der Waals surface area (Å²) in [5.74, 6) is 0. The summed E-state index contributed by atoms with van der Waals surface area (Å²) in [5.41, 5.74) is 3.50. The van der Waals surface area contributed by atoms with Crippen molar-refractivity contribution in [2.24, 2.45) is 0 Å². The molecule has 0 aliphatic carbocycles. The van der Waals surface area contributed by atoms with Crippen molar-refractivity contribution >= 4 is 38.9 Å². The van der Waals surface area contributed by atoms with Gasteiger partial charge in [-0.25, -0.2) is 0 Å². The van der Waals surface area contributed by atoms with Crippen LogP contribution in [0.4, 0.5) is 11.4 Å². The van der Waals surface area contributed by atoms with Gasteiger partial charge in [0.1, 0.15) is 6.07 Å². The summed E-state index contributed by atoms with van der Waals surface area (Å²) in [6, 6.07) is 13.5. The van der Waals surface area contributed by atoms with E-state index in [1.807, 2.05) is 18.2 Å². The van der Waals surface area contributed by atoms with Gasteiger partial charge < -0.3 is 5.32 Å². The van der Waals surface area contributed by atoms with E-state index >= 15 is 0 Å². The molecule has 0 aliphatic heterocycles. The van der Waals surface area contributed by atoms with Crippen molar-refractivity contribution in [1.29, 1.82) is 5.26 Å². The van der Waals surface area contributed by atoms with E-state index in [2.05, 4.69) is 40.3 Å². The van der Waals surface area contributed by atoms with Gasteiger partial charge in [0.05, 0.1) is 11.3 Å². The van der Waals surface area contributed by atoms with Gasteiger partial charge in [-0.2, -0.15) is 5.26 Å². The van der Waals surface area contributed by atoms with Crippen LogP contribution in [-0.2, 0) is 6.42 Å². The van der Waals surface area contributed by atoms with Gasteiger partial charge in [0.15, 0.2) is 0 Å². The maximum Gasteiger partial charge on any atom is 0.101 e. The number of rotatable bonds is 3. The molecule has 0 amide bonds. The van der Waals surface area contributed by atoms with Crippen LogP contribution in [0.15, 0.2) is 40.9 Å². The Morgan fingerprint density at radius 1 is 1.21 bits per heavy atom. The number of anilines is 2. The summed E-state index contributed by atoms with van der Waals surface area (Å²) in [6.07, 6.45) is 0.914. The molecule has 0 atom stereocenters. The lowest BCUT2D eigenvalue weighted by molar-refractivity contribution is 1.14. The number of hydrogen-bond acceptors (Lipinski definition) is 2. The number of halogens is 2. The predicted molar refractivity (Wildman–Crippen MR) is 83.0 cm³/mol. The van der Waals surface area contributed by atoms with Gasteiger partial charge in [0.25, 0.3) is 0 Å². The summed E-state index contributed by atoms with van der Waals surface area (Å²) in [5, 5.41) is 13.0. The monoisotopic (exact) mass is 334 g/mol. The zero-order valence-electron chi connectivity index (χ0n) is 10.4. The highest BCUT2D eigenvalue weighted by molar-refractivity contribution is 9.10. The van der Waals surface area contributed by atoms with E-state index in [1.54, 1.807) is 12.1 Å². The average Bonchev–Trinajstić information content (AvgIpc) is 2.42. The predicted octanol–water partition coefficient (Wildman–Crippen LogP) is 5.28. The summed E-state index contributed by atoms with van der Waals surface area (Å²) < 4.78 is 1.05. The number of nitrogens with one attached hydrogen (secondary N) is 1. The highest BCUT2D eigenvalue weighted by atomic mass is 79.9. The molecule has 0 aromatic heterocycles. The number of aryl methyl sites for hydroxylation is 1. The average molecular weight is 336 g/mol. The molecular weight excluding hydrogens is 324 g/mol. The summed E-state index contributed by atoms with van der Waals surface area (Å²) in [6.45, 7) is 2.10. The highest BCUT2D eigenvalue weighted by Gasteiger charge is 2.06. The summed E-state index contributed by atoms with van der Waals surface area (Å²) >= 11 is 9.36. The van der Waals surface area contributed by atoms with E-state index in [9.17, 15) is 0 Å². The molecule has 96 valence electrons. The second-order valence-corrected chi connectivity index (χ2v) is 5.43. The van der Waals surface area contributed by atoms with E-state index < -0.39 is 0 Å². The second-order valence-electron chi connectivity index (χ2n) is 4.08. The summed E-state index contributed by atoms with van der Waals surface area (Å²) in [4.78, 5) is 0. The van der Waals surface area contributed by atoms with Gasteiger partial charge in [-0.3, -0.25) is 0 Å². The quantitative estimate of drug-likeness (QED) is 0.828. The molecule has 0 saturated heterocycles. The Bertz CT molecular complexity index is 647. The largest absolute Gasteiger partial charge is 0.354 e. The number of nitrogens with zero attached hydrogens (tertiary/aromatic N) is 1. The van der Waals surface area contributed by atoms with E-state index in [-0.39, 0.29) is 0 Å². The molecule has 2 rings (SSSR count). The smallest absolute Gasteiger partial charge is 0.101 e. The molecule has 0 saturated carbocycles. The van der Waals surface area contributed by atoms with E-state index in [0.29, 0.717) is 10.6 Å². The Morgan fingerprint density at radius 2 is 1.95 bits per heavy atom. The number of benzene rings is 2. The molecule has 4 heteroatoms. The molecule has 0 spiro atoms. The lowest BCUT2D eigenvalue weighted by atomic mass is 10.1. The fourth-order valence-corrected chi connectivity index (χ4v) is 2.42. The van der Waals surface area contributed by atoms with Crippen LogP contribution in [-0.4, -0.2) is 0 Å². The third-order valence-electron chi connectivity index (χ3n) is 2.82. The molecule has 19 heavy (non-hydrogen) atoms. The first kappa shape index (κ1) is 13.9. The van der Waals surface area contributed by atoms with Gasteiger partial charge in [-0.15, -0.1) is 0 Å². The van der Waals surface area contributed by atoms with Gasteiger partial charge in [0, 0.05) is 15.2 Å². The third-order valence-corrected chi connectivity index (χ3v) is 3.55. The fourth-order valence-electron chi connectivity index (χ4n) is 1.84. The fraction of sp³-hybridized carbons (Fsp3) is 0.133. The van der Waals surface area contributed by atoms with Gasteiger partial charge >= 0.3 is 0 Å². The minimum Gasteiger partial charge on any atom is -0.354 e. The van der Waals surface area contributed by atoms with Crippen LogP contribution in [0.5, 0.6) is 0 Å². The minimum atomic E-state index is 0.539. The van der Waals surface area contributed by atoms with Crippen molar-refractivity contribution < 1.29 is 0 Å². The van der Waals surface area contributed by atoms with E-state index in [1.165, 1.54) is 5.56 Å². The molecule has 2 aromatic carbocycles. The molecule has 1 N–H and O–H groups in total.